The number of nitrogens with one attached hydrogen (secondary N) is 2. The van der Waals surface area contributed by atoms with Crippen molar-refractivity contribution in [3.05, 3.63) is 129 Å². The van der Waals surface area contributed by atoms with E-state index in [0.717, 1.165) is 91.1 Å². The fourth-order valence-electron chi connectivity index (χ4n) is 7.29. The van der Waals surface area contributed by atoms with Gasteiger partial charge in [-0.25, -0.2) is 5.48 Å². The van der Waals surface area contributed by atoms with E-state index in [-0.39, 0.29) is 41.8 Å². The summed E-state index contributed by atoms with van der Waals surface area (Å²) >= 11 is 0. The molecule has 2 saturated heterocycles. The number of amides is 2. The van der Waals surface area contributed by atoms with Crippen LogP contribution in [0.1, 0.15) is 79.6 Å². The number of unbranched alkanes of at least 4 members (excludes halogenated alkanes) is 3. The Balaban J connectivity index is 1.08. The molecule has 4 aromatic rings. The highest BCUT2D eigenvalue weighted by molar-refractivity contribution is 5.76. The molecule has 2 amide bonds. The molecule has 56 heavy (non-hydrogen) atoms. The minimum atomic E-state index is -0.605. The number of hydroxylamine groups is 1. The van der Waals surface area contributed by atoms with Crippen LogP contribution in [0.25, 0.3) is 11.1 Å². The minimum absolute atomic E-state index is 0.0152. The van der Waals surface area contributed by atoms with Gasteiger partial charge in [0.1, 0.15) is 0 Å². The molecule has 0 bridgehead atoms. The minimum Gasteiger partial charge on any atom is -0.392 e. The number of piperazine rings is 1. The maximum Gasteiger partial charge on any atom is 0.269 e. The Morgan fingerprint density at radius 1 is 0.768 bits per heavy atom. The number of nitrogens with zero attached hydrogens (tertiary/aromatic N) is 3. The van der Waals surface area contributed by atoms with E-state index >= 15 is 0 Å². The summed E-state index contributed by atoms with van der Waals surface area (Å²) in [6.07, 6.45) is 3.52. The Kier molecular flexibility index (Phi) is 14.5. The number of rotatable bonds is 17. The number of hydrogen-bond acceptors (Lipinski definition) is 10. The number of benzene rings is 4. The molecule has 0 aromatic heterocycles. The van der Waals surface area contributed by atoms with Crippen molar-refractivity contribution >= 4 is 23.2 Å². The van der Waals surface area contributed by atoms with Crippen LogP contribution >= 0.6 is 0 Å². The lowest BCUT2D eigenvalue weighted by molar-refractivity contribution is -0.384. The molecule has 2 aliphatic heterocycles. The van der Waals surface area contributed by atoms with Gasteiger partial charge in [-0.05, 0) is 64.9 Å². The SMILES string of the molecule is O=C(CCCCCCC(=O)NCc1cccc(-c2cccc(C3OC(CN4CCN(c5ccc([N+](=O)[O-])cc5)CC4)CC(c4ccc(CO)cc4)O3)c2)c1)NO. The molecular formula is C43H51N5O8. The third-order valence-corrected chi connectivity index (χ3v) is 10.5. The number of carbonyl (C=O) groups is 2. The van der Waals surface area contributed by atoms with Gasteiger partial charge in [-0.1, -0.05) is 73.5 Å². The zero-order valence-electron chi connectivity index (χ0n) is 31.6. The molecule has 0 saturated carbocycles. The first-order valence-electron chi connectivity index (χ1n) is 19.4. The number of anilines is 1. The van der Waals surface area contributed by atoms with E-state index in [1.54, 1.807) is 17.6 Å². The summed E-state index contributed by atoms with van der Waals surface area (Å²) in [6, 6.07) is 30.9. The van der Waals surface area contributed by atoms with Crippen molar-refractivity contribution in [2.24, 2.45) is 0 Å². The number of hydrogen-bond donors (Lipinski definition) is 4. The normalized spacial score (nSPS) is 18.7. The first-order chi connectivity index (χ1) is 27.3. The molecule has 3 unspecified atom stereocenters. The first kappa shape index (κ1) is 40.5. The number of nitro benzene ring substituents is 1. The van der Waals surface area contributed by atoms with Crippen molar-refractivity contribution in [3.8, 4) is 11.1 Å². The van der Waals surface area contributed by atoms with Gasteiger partial charge in [0.2, 0.25) is 11.8 Å². The predicted molar refractivity (Wildman–Crippen MR) is 212 cm³/mol. The van der Waals surface area contributed by atoms with E-state index in [1.165, 1.54) is 0 Å². The van der Waals surface area contributed by atoms with Crippen LogP contribution in [0.15, 0.2) is 97.1 Å². The molecule has 296 valence electrons. The molecule has 2 aliphatic rings. The molecule has 2 heterocycles. The Hall–Kier alpha value is -5.18. The van der Waals surface area contributed by atoms with Crippen LogP contribution in [0.2, 0.25) is 0 Å². The Morgan fingerprint density at radius 2 is 1.45 bits per heavy atom. The van der Waals surface area contributed by atoms with Crippen LogP contribution in [-0.2, 0) is 32.2 Å². The number of ether oxygens (including phenoxy) is 2. The highest BCUT2D eigenvalue weighted by atomic mass is 16.7. The third kappa shape index (κ3) is 11.4. The number of aliphatic hydroxyl groups excluding tert-OH is 1. The van der Waals surface area contributed by atoms with Gasteiger partial charge in [0, 0.05) is 81.9 Å². The number of carbonyl (C=O) groups excluding carboxylic acids is 2. The molecule has 0 radical (unpaired) electrons. The zero-order chi connectivity index (χ0) is 39.3. The fourth-order valence-corrected chi connectivity index (χ4v) is 7.29. The summed E-state index contributed by atoms with van der Waals surface area (Å²) < 4.78 is 13.4. The molecule has 4 N–H and O–H groups in total. The van der Waals surface area contributed by atoms with Crippen molar-refractivity contribution in [1.82, 2.24) is 15.7 Å². The van der Waals surface area contributed by atoms with E-state index < -0.39 is 12.2 Å². The molecule has 3 atom stereocenters. The molecule has 0 spiro atoms. The van der Waals surface area contributed by atoms with Crippen LogP contribution in [0.3, 0.4) is 0 Å². The maximum atomic E-state index is 12.5. The summed E-state index contributed by atoms with van der Waals surface area (Å²) in [6.45, 7) is 4.39. The molecule has 13 nitrogen and oxygen atoms in total. The van der Waals surface area contributed by atoms with Crippen LogP contribution < -0.4 is 15.7 Å². The van der Waals surface area contributed by atoms with Crippen molar-refractivity contribution < 1.29 is 34.3 Å². The summed E-state index contributed by atoms with van der Waals surface area (Å²) in [7, 11) is 0. The molecule has 2 fully saturated rings. The number of aliphatic hydroxyl groups is 1. The van der Waals surface area contributed by atoms with Crippen LogP contribution in [-0.4, -0.2) is 70.8 Å². The van der Waals surface area contributed by atoms with Crippen molar-refractivity contribution in [2.45, 2.75) is 76.6 Å². The Morgan fingerprint density at radius 3 is 2.12 bits per heavy atom. The first-order valence-corrected chi connectivity index (χ1v) is 19.4. The maximum absolute atomic E-state index is 12.5. The van der Waals surface area contributed by atoms with Crippen LogP contribution in [0, 0.1) is 10.1 Å². The highest BCUT2D eigenvalue weighted by Gasteiger charge is 2.34. The van der Waals surface area contributed by atoms with E-state index in [4.69, 9.17) is 14.7 Å². The van der Waals surface area contributed by atoms with Gasteiger partial charge >= 0.3 is 0 Å². The van der Waals surface area contributed by atoms with Gasteiger partial charge < -0.3 is 24.8 Å². The Bertz CT molecular complexity index is 1900. The Labute approximate surface area is 327 Å². The van der Waals surface area contributed by atoms with Gasteiger partial charge in [0.25, 0.3) is 5.69 Å². The van der Waals surface area contributed by atoms with Gasteiger partial charge in [-0.3, -0.25) is 29.8 Å². The summed E-state index contributed by atoms with van der Waals surface area (Å²) in [5.74, 6) is -0.406. The summed E-state index contributed by atoms with van der Waals surface area (Å²) in [5, 5.41) is 32.3. The largest absolute Gasteiger partial charge is 0.392 e. The second-order valence-electron chi connectivity index (χ2n) is 14.5. The third-order valence-electron chi connectivity index (χ3n) is 10.5. The zero-order valence-corrected chi connectivity index (χ0v) is 31.6. The predicted octanol–water partition coefficient (Wildman–Crippen LogP) is 6.58. The standard InChI is InChI=1S/C43H51N5O8/c49-30-31-13-15-33(16-14-31)40-27-39(29-46-21-23-47(24-22-46)37-17-19-38(20-18-37)48(53)54)55-43(56-40)36-10-6-9-35(26-36)34-8-5-7-32(25-34)28-44-41(50)11-3-1-2-4-12-42(51)45-52/h5-10,13-20,25-26,39-40,43,49,52H,1-4,11-12,21-24,27-30H2,(H,44,50)(H,45,51). The van der Waals surface area contributed by atoms with E-state index in [0.29, 0.717) is 25.8 Å². The van der Waals surface area contributed by atoms with Crippen LogP contribution in [0.4, 0.5) is 11.4 Å². The van der Waals surface area contributed by atoms with Gasteiger partial charge in [-0.2, -0.15) is 0 Å². The molecule has 0 aliphatic carbocycles. The lowest BCUT2D eigenvalue weighted by Gasteiger charge is -2.41. The molecule has 6 rings (SSSR count). The summed E-state index contributed by atoms with van der Waals surface area (Å²) in [4.78, 5) is 39.0. The van der Waals surface area contributed by atoms with Gasteiger partial charge in [0.15, 0.2) is 6.29 Å². The van der Waals surface area contributed by atoms with E-state index in [1.807, 2.05) is 60.7 Å². The van der Waals surface area contributed by atoms with E-state index in [9.17, 15) is 24.8 Å². The average Bonchev–Trinajstić information content (AvgIpc) is 3.24. The molecule has 4 aromatic carbocycles. The van der Waals surface area contributed by atoms with Crippen molar-refractivity contribution in [2.75, 3.05) is 37.6 Å². The fraction of sp³-hybridized carbons (Fsp3) is 0.395. The van der Waals surface area contributed by atoms with Crippen molar-refractivity contribution in [1.29, 1.82) is 0 Å². The second-order valence-corrected chi connectivity index (χ2v) is 14.5. The highest BCUT2D eigenvalue weighted by Crippen LogP contribution is 2.39. The van der Waals surface area contributed by atoms with Crippen molar-refractivity contribution in [3.63, 3.8) is 0 Å². The number of nitro groups is 1. The molecular weight excluding hydrogens is 714 g/mol. The average molecular weight is 766 g/mol. The van der Waals surface area contributed by atoms with Crippen LogP contribution in [0.5, 0.6) is 0 Å². The quantitative estimate of drug-likeness (QED) is 0.0399. The van der Waals surface area contributed by atoms with Gasteiger partial charge in [-0.15, -0.1) is 0 Å². The number of non-ortho nitro benzene ring substituents is 1. The second kappa shape index (κ2) is 20.1. The summed E-state index contributed by atoms with van der Waals surface area (Å²) in [5.41, 5.74) is 8.48. The lowest BCUT2D eigenvalue weighted by Crippen LogP contribution is -2.49. The topological polar surface area (TPSA) is 167 Å². The molecule has 13 heteroatoms. The van der Waals surface area contributed by atoms with E-state index in [2.05, 4.69) is 39.4 Å². The smallest absolute Gasteiger partial charge is 0.269 e. The lowest BCUT2D eigenvalue weighted by atomic mass is 9.98. The monoisotopic (exact) mass is 765 g/mol. The van der Waals surface area contributed by atoms with Gasteiger partial charge in [0.05, 0.1) is 23.7 Å².